The average Bonchev–Trinajstić information content (AvgIpc) is 2.75. The predicted molar refractivity (Wildman–Crippen MR) is 108 cm³/mol. The monoisotopic (exact) mass is 351 g/mol. The number of hydrogen-bond acceptors (Lipinski definition) is 2. The molecule has 0 bridgehead atoms. The summed E-state index contributed by atoms with van der Waals surface area (Å²) in [5, 5.41) is 9.31. The molecular formula is C24H17NO2. The minimum atomic E-state index is -0.933. The van der Waals surface area contributed by atoms with E-state index in [1.807, 2.05) is 78.9 Å². The van der Waals surface area contributed by atoms with Gasteiger partial charge in [-0.15, -0.1) is 0 Å². The molecule has 0 unspecified atom stereocenters. The lowest BCUT2D eigenvalue weighted by atomic mass is 9.99. The van der Waals surface area contributed by atoms with E-state index in [-0.39, 0.29) is 5.56 Å². The summed E-state index contributed by atoms with van der Waals surface area (Å²) < 4.78 is 0. The molecule has 0 atom stereocenters. The number of carboxylic acids is 1. The Morgan fingerprint density at radius 1 is 0.593 bits per heavy atom. The molecule has 0 fully saturated rings. The van der Waals surface area contributed by atoms with Crippen molar-refractivity contribution < 1.29 is 9.90 Å². The summed E-state index contributed by atoms with van der Waals surface area (Å²) in [4.78, 5) is 16.2. The van der Waals surface area contributed by atoms with Crippen molar-refractivity contribution in [3.05, 3.63) is 103 Å². The van der Waals surface area contributed by atoms with Crippen LogP contribution in [-0.2, 0) is 0 Å². The third-order valence-electron chi connectivity index (χ3n) is 4.41. The van der Waals surface area contributed by atoms with Gasteiger partial charge in [0, 0.05) is 11.1 Å². The minimum Gasteiger partial charge on any atom is -0.478 e. The summed E-state index contributed by atoms with van der Waals surface area (Å²) >= 11 is 0. The lowest BCUT2D eigenvalue weighted by Gasteiger charge is -2.10. The smallest absolute Gasteiger partial charge is 0.335 e. The third-order valence-corrected chi connectivity index (χ3v) is 4.41. The quantitative estimate of drug-likeness (QED) is 0.507. The van der Waals surface area contributed by atoms with Crippen molar-refractivity contribution >= 4 is 5.97 Å². The second kappa shape index (κ2) is 7.26. The zero-order valence-corrected chi connectivity index (χ0v) is 14.5. The minimum absolute atomic E-state index is 0.270. The standard InChI is InChI=1S/C24H17NO2/c26-24(27)20-13-7-12-19(14-20)21-15-22(17-8-3-1-4-9-17)25-23(16-21)18-10-5-2-6-11-18/h1-16H,(H,26,27). The summed E-state index contributed by atoms with van der Waals surface area (Å²) in [6, 6.07) is 31.0. The molecule has 1 aromatic heterocycles. The van der Waals surface area contributed by atoms with E-state index in [1.165, 1.54) is 0 Å². The van der Waals surface area contributed by atoms with E-state index in [9.17, 15) is 9.90 Å². The second-order valence-electron chi connectivity index (χ2n) is 6.24. The largest absolute Gasteiger partial charge is 0.478 e. The number of pyridine rings is 1. The van der Waals surface area contributed by atoms with Crippen molar-refractivity contribution in [3.8, 4) is 33.6 Å². The Labute approximate surface area is 157 Å². The summed E-state index contributed by atoms with van der Waals surface area (Å²) in [5.74, 6) is -0.933. The van der Waals surface area contributed by atoms with E-state index < -0.39 is 5.97 Å². The van der Waals surface area contributed by atoms with Crippen LogP contribution in [0.4, 0.5) is 0 Å². The maximum absolute atomic E-state index is 11.3. The van der Waals surface area contributed by atoms with E-state index in [2.05, 4.69) is 0 Å². The molecule has 4 aromatic rings. The van der Waals surface area contributed by atoms with Gasteiger partial charge in [-0.2, -0.15) is 0 Å². The van der Waals surface area contributed by atoms with Crippen LogP contribution in [0.5, 0.6) is 0 Å². The van der Waals surface area contributed by atoms with Crippen molar-refractivity contribution in [1.82, 2.24) is 4.98 Å². The average molecular weight is 351 g/mol. The molecule has 0 spiro atoms. The van der Waals surface area contributed by atoms with Gasteiger partial charge in [-0.05, 0) is 35.4 Å². The van der Waals surface area contributed by atoms with Gasteiger partial charge in [0.2, 0.25) is 0 Å². The van der Waals surface area contributed by atoms with Gasteiger partial charge in [-0.25, -0.2) is 9.78 Å². The molecule has 0 aliphatic carbocycles. The van der Waals surface area contributed by atoms with Crippen molar-refractivity contribution in [1.29, 1.82) is 0 Å². The van der Waals surface area contributed by atoms with E-state index in [0.717, 1.165) is 33.6 Å². The maximum atomic E-state index is 11.3. The molecule has 27 heavy (non-hydrogen) atoms. The summed E-state index contributed by atoms with van der Waals surface area (Å²) in [5.41, 5.74) is 5.81. The van der Waals surface area contributed by atoms with Crippen LogP contribution in [0.1, 0.15) is 10.4 Å². The Bertz CT molecular complexity index is 1030. The number of carboxylic acid groups (broad SMARTS) is 1. The molecule has 0 saturated carbocycles. The van der Waals surface area contributed by atoms with Gasteiger partial charge in [-0.1, -0.05) is 72.8 Å². The Hall–Kier alpha value is -3.72. The Morgan fingerprint density at radius 2 is 1.11 bits per heavy atom. The van der Waals surface area contributed by atoms with Crippen molar-refractivity contribution in [2.24, 2.45) is 0 Å². The van der Waals surface area contributed by atoms with Gasteiger partial charge in [0.15, 0.2) is 0 Å². The van der Waals surface area contributed by atoms with Crippen molar-refractivity contribution in [3.63, 3.8) is 0 Å². The molecule has 3 aromatic carbocycles. The fraction of sp³-hybridized carbons (Fsp3) is 0. The van der Waals surface area contributed by atoms with Gasteiger partial charge in [-0.3, -0.25) is 0 Å². The van der Waals surface area contributed by atoms with E-state index in [4.69, 9.17) is 4.98 Å². The van der Waals surface area contributed by atoms with Crippen LogP contribution >= 0.6 is 0 Å². The lowest BCUT2D eigenvalue weighted by molar-refractivity contribution is 0.0697. The van der Waals surface area contributed by atoms with Crippen LogP contribution in [-0.4, -0.2) is 16.1 Å². The molecular weight excluding hydrogens is 334 g/mol. The molecule has 0 radical (unpaired) electrons. The first-order valence-corrected chi connectivity index (χ1v) is 8.67. The Balaban J connectivity index is 1.91. The zero-order chi connectivity index (χ0) is 18.6. The first-order chi connectivity index (χ1) is 13.2. The summed E-state index contributed by atoms with van der Waals surface area (Å²) in [6.07, 6.45) is 0. The van der Waals surface area contributed by atoms with Crippen LogP contribution < -0.4 is 0 Å². The van der Waals surface area contributed by atoms with Crippen molar-refractivity contribution in [2.75, 3.05) is 0 Å². The normalized spacial score (nSPS) is 10.5. The van der Waals surface area contributed by atoms with Gasteiger partial charge >= 0.3 is 5.97 Å². The van der Waals surface area contributed by atoms with Crippen molar-refractivity contribution in [2.45, 2.75) is 0 Å². The second-order valence-corrected chi connectivity index (χ2v) is 6.24. The SMILES string of the molecule is O=C(O)c1cccc(-c2cc(-c3ccccc3)nc(-c3ccccc3)c2)c1. The zero-order valence-electron chi connectivity index (χ0n) is 14.5. The van der Waals surface area contributed by atoms with E-state index in [1.54, 1.807) is 18.2 Å². The molecule has 3 nitrogen and oxygen atoms in total. The number of hydrogen-bond donors (Lipinski definition) is 1. The van der Waals surface area contributed by atoms with Gasteiger partial charge in [0.1, 0.15) is 0 Å². The van der Waals surface area contributed by atoms with Gasteiger partial charge < -0.3 is 5.11 Å². The van der Waals surface area contributed by atoms with Crippen LogP contribution in [0.2, 0.25) is 0 Å². The molecule has 4 rings (SSSR count). The predicted octanol–water partition coefficient (Wildman–Crippen LogP) is 5.78. The van der Waals surface area contributed by atoms with Crippen LogP contribution in [0.25, 0.3) is 33.6 Å². The number of aromatic nitrogens is 1. The third kappa shape index (κ3) is 3.62. The molecule has 1 heterocycles. The molecule has 3 heteroatoms. The maximum Gasteiger partial charge on any atom is 0.335 e. The van der Waals surface area contributed by atoms with Gasteiger partial charge in [0.05, 0.1) is 17.0 Å². The molecule has 1 N–H and O–H groups in total. The molecule has 0 aliphatic heterocycles. The Kier molecular flexibility index (Phi) is 4.50. The van der Waals surface area contributed by atoms with Gasteiger partial charge in [0.25, 0.3) is 0 Å². The first kappa shape index (κ1) is 16.7. The van der Waals surface area contributed by atoms with E-state index >= 15 is 0 Å². The molecule has 0 aliphatic rings. The van der Waals surface area contributed by atoms with Crippen LogP contribution in [0, 0.1) is 0 Å². The summed E-state index contributed by atoms with van der Waals surface area (Å²) in [7, 11) is 0. The number of carbonyl (C=O) groups is 1. The number of benzene rings is 3. The molecule has 0 amide bonds. The summed E-state index contributed by atoms with van der Waals surface area (Å²) in [6.45, 7) is 0. The fourth-order valence-corrected chi connectivity index (χ4v) is 3.04. The lowest BCUT2D eigenvalue weighted by Crippen LogP contribution is -1.96. The highest BCUT2D eigenvalue weighted by atomic mass is 16.4. The first-order valence-electron chi connectivity index (χ1n) is 8.67. The Morgan fingerprint density at radius 3 is 1.63 bits per heavy atom. The van der Waals surface area contributed by atoms with Crippen LogP contribution in [0.15, 0.2) is 97.1 Å². The molecule has 0 saturated heterocycles. The fourth-order valence-electron chi connectivity index (χ4n) is 3.04. The number of aromatic carboxylic acids is 1. The highest BCUT2D eigenvalue weighted by Crippen LogP contribution is 2.30. The number of nitrogens with zero attached hydrogens (tertiary/aromatic N) is 1. The highest BCUT2D eigenvalue weighted by Gasteiger charge is 2.10. The topological polar surface area (TPSA) is 50.2 Å². The number of rotatable bonds is 4. The van der Waals surface area contributed by atoms with Crippen LogP contribution in [0.3, 0.4) is 0 Å². The van der Waals surface area contributed by atoms with E-state index in [0.29, 0.717) is 0 Å². The highest BCUT2D eigenvalue weighted by molar-refractivity contribution is 5.90. The molecule has 130 valence electrons.